The van der Waals surface area contributed by atoms with Crippen LogP contribution in [0.3, 0.4) is 0 Å². The fraction of sp³-hybridized carbons (Fsp3) is 0.167. The minimum absolute atomic E-state index is 0. The third-order valence-corrected chi connectivity index (χ3v) is 5.16. The number of rotatable bonds is 5. The highest BCUT2D eigenvalue weighted by molar-refractivity contribution is 7.91. The first-order valence-electron chi connectivity index (χ1n) is 5.28. The highest BCUT2D eigenvalue weighted by atomic mass is 32.2. The van der Waals surface area contributed by atoms with E-state index >= 15 is 0 Å². The molecule has 0 atom stereocenters. The maximum Gasteiger partial charge on any atom is 0.250 e. The number of ether oxygens (including phenoxy) is 1. The van der Waals surface area contributed by atoms with Crippen LogP contribution in [0.1, 0.15) is 5.56 Å². The normalized spacial score (nSPS) is 10.8. The van der Waals surface area contributed by atoms with Gasteiger partial charge < -0.3 is 10.9 Å². The van der Waals surface area contributed by atoms with Gasteiger partial charge >= 0.3 is 0 Å². The van der Waals surface area contributed by atoms with Crippen LogP contribution >= 0.6 is 11.3 Å². The van der Waals surface area contributed by atoms with Crippen LogP contribution in [0.2, 0.25) is 0 Å². The van der Waals surface area contributed by atoms with Gasteiger partial charge in [0.05, 0.1) is 7.11 Å². The fourth-order valence-corrected chi connectivity index (χ4v) is 3.50. The van der Waals surface area contributed by atoms with E-state index in [2.05, 4.69) is 4.72 Å². The van der Waals surface area contributed by atoms with Crippen molar-refractivity contribution in [3.05, 3.63) is 47.3 Å². The van der Waals surface area contributed by atoms with Gasteiger partial charge in [0.1, 0.15) is 9.96 Å². The van der Waals surface area contributed by atoms with Crippen LogP contribution in [-0.2, 0) is 16.6 Å². The molecule has 0 saturated heterocycles. The van der Waals surface area contributed by atoms with Crippen molar-refractivity contribution in [3.8, 4) is 5.75 Å². The van der Waals surface area contributed by atoms with Crippen LogP contribution < -0.4 is 15.6 Å². The quantitative estimate of drug-likeness (QED) is 0.887. The first kappa shape index (κ1) is 15.6. The Bertz CT molecular complexity index is 610. The third-order valence-electron chi connectivity index (χ3n) is 2.36. The van der Waals surface area contributed by atoms with Crippen molar-refractivity contribution in [2.75, 3.05) is 7.11 Å². The Morgan fingerprint density at radius 3 is 2.68 bits per heavy atom. The minimum atomic E-state index is -3.41. The lowest BCUT2D eigenvalue weighted by Crippen LogP contribution is -2.22. The van der Waals surface area contributed by atoms with Crippen LogP contribution in [0.15, 0.2) is 46.0 Å². The Labute approximate surface area is 116 Å². The van der Waals surface area contributed by atoms with E-state index in [1.165, 1.54) is 11.3 Å². The predicted octanol–water partition coefficient (Wildman–Crippen LogP) is 2.40. The molecule has 0 radical (unpaired) electrons. The smallest absolute Gasteiger partial charge is 0.250 e. The zero-order valence-corrected chi connectivity index (χ0v) is 12.1. The second-order valence-corrected chi connectivity index (χ2v) is 6.55. The summed E-state index contributed by atoms with van der Waals surface area (Å²) >= 11 is 1.20. The van der Waals surface area contributed by atoms with E-state index in [0.717, 1.165) is 5.56 Å². The molecule has 19 heavy (non-hydrogen) atoms. The van der Waals surface area contributed by atoms with Crippen molar-refractivity contribution in [1.29, 1.82) is 0 Å². The molecule has 0 spiro atoms. The Morgan fingerprint density at radius 1 is 1.26 bits per heavy atom. The van der Waals surface area contributed by atoms with Crippen molar-refractivity contribution in [1.82, 2.24) is 10.9 Å². The van der Waals surface area contributed by atoms with Gasteiger partial charge in [0.15, 0.2) is 0 Å². The molecule has 1 aromatic heterocycles. The van der Waals surface area contributed by atoms with Gasteiger partial charge in [0, 0.05) is 6.54 Å². The summed E-state index contributed by atoms with van der Waals surface area (Å²) in [4.78, 5) is 0. The molecule has 0 aliphatic rings. The van der Waals surface area contributed by atoms with Gasteiger partial charge in [0.2, 0.25) is 10.0 Å². The van der Waals surface area contributed by atoms with Gasteiger partial charge in [-0.1, -0.05) is 18.2 Å². The number of methoxy groups -OCH3 is 1. The number of hydrogen-bond acceptors (Lipinski definition) is 5. The zero-order chi connectivity index (χ0) is 13.0. The summed E-state index contributed by atoms with van der Waals surface area (Å²) in [5.41, 5.74) is 0.856. The average molecular weight is 300 g/mol. The second-order valence-electron chi connectivity index (χ2n) is 3.61. The van der Waals surface area contributed by atoms with Crippen LogP contribution in [0.5, 0.6) is 5.75 Å². The van der Waals surface area contributed by atoms with E-state index in [9.17, 15) is 8.42 Å². The van der Waals surface area contributed by atoms with Gasteiger partial charge in [-0.3, -0.25) is 0 Å². The molecule has 0 saturated carbocycles. The number of nitrogens with one attached hydrogen (secondary N) is 1. The largest absolute Gasteiger partial charge is 0.497 e. The van der Waals surface area contributed by atoms with Gasteiger partial charge in [-0.05, 0) is 29.1 Å². The SMILES string of the molecule is COc1cccc(CNS(=O)(=O)c2cccs2)c1.N. The predicted molar refractivity (Wildman–Crippen MR) is 76.4 cm³/mol. The van der Waals surface area contributed by atoms with Crippen molar-refractivity contribution in [2.24, 2.45) is 0 Å². The Hall–Kier alpha value is -1.41. The molecule has 0 bridgehead atoms. The molecule has 0 amide bonds. The standard InChI is InChI=1S/C12H13NO3S2.H3N/c1-16-11-5-2-4-10(8-11)9-13-18(14,15)12-6-3-7-17-12;/h2-8,13H,9H2,1H3;1H3. The third kappa shape index (κ3) is 4.03. The average Bonchev–Trinajstić information content (AvgIpc) is 2.91. The molecular weight excluding hydrogens is 284 g/mol. The van der Waals surface area contributed by atoms with E-state index in [1.807, 2.05) is 18.2 Å². The van der Waals surface area contributed by atoms with E-state index in [1.54, 1.807) is 30.7 Å². The van der Waals surface area contributed by atoms with Crippen molar-refractivity contribution in [2.45, 2.75) is 10.8 Å². The molecule has 0 aliphatic carbocycles. The maximum absolute atomic E-state index is 11.9. The molecule has 0 unspecified atom stereocenters. The zero-order valence-electron chi connectivity index (χ0n) is 10.5. The molecule has 5 nitrogen and oxygen atoms in total. The summed E-state index contributed by atoms with van der Waals surface area (Å²) in [6, 6.07) is 10.6. The van der Waals surface area contributed by atoms with Gasteiger partial charge in [-0.25, -0.2) is 13.1 Å². The first-order valence-corrected chi connectivity index (χ1v) is 7.64. The highest BCUT2D eigenvalue weighted by Gasteiger charge is 2.14. The summed E-state index contributed by atoms with van der Waals surface area (Å²) in [5, 5.41) is 1.74. The molecule has 104 valence electrons. The van der Waals surface area contributed by atoms with Crippen molar-refractivity contribution in [3.63, 3.8) is 0 Å². The van der Waals surface area contributed by atoms with E-state index in [-0.39, 0.29) is 12.7 Å². The van der Waals surface area contributed by atoms with Crippen LogP contribution in [0.25, 0.3) is 0 Å². The molecule has 0 fully saturated rings. The Kier molecular flexibility index (Phi) is 5.49. The lowest BCUT2D eigenvalue weighted by Gasteiger charge is -2.06. The van der Waals surface area contributed by atoms with Crippen LogP contribution in [-0.4, -0.2) is 15.5 Å². The summed E-state index contributed by atoms with van der Waals surface area (Å²) < 4.78 is 31.7. The number of hydrogen-bond donors (Lipinski definition) is 2. The Morgan fingerprint density at radius 2 is 2.05 bits per heavy atom. The molecular formula is C12H16N2O3S2. The monoisotopic (exact) mass is 300 g/mol. The summed E-state index contributed by atoms with van der Waals surface area (Å²) in [6.07, 6.45) is 0. The lowest BCUT2D eigenvalue weighted by atomic mass is 10.2. The molecule has 1 heterocycles. The topological polar surface area (TPSA) is 90.4 Å². The van der Waals surface area contributed by atoms with Crippen molar-refractivity contribution >= 4 is 21.4 Å². The minimum Gasteiger partial charge on any atom is -0.497 e. The highest BCUT2D eigenvalue weighted by Crippen LogP contribution is 2.17. The van der Waals surface area contributed by atoms with E-state index in [0.29, 0.717) is 9.96 Å². The summed E-state index contributed by atoms with van der Waals surface area (Å²) in [7, 11) is -1.83. The summed E-state index contributed by atoms with van der Waals surface area (Å²) in [5.74, 6) is 0.711. The fourth-order valence-electron chi connectivity index (χ4n) is 1.45. The number of thiophene rings is 1. The molecule has 2 rings (SSSR count). The molecule has 0 aliphatic heterocycles. The van der Waals surface area contributed by atoms with E-state index in [4.69, 9.17) is 4.74 Å². The summed E-state index contributed by atoms with van der Waals surface area (Å²) in [6.45, 7) is 0.247. The van der Waals surface area contributed by atoms with E-state index < -0.39 is 10.0 Å². The van der Waals surface area contributed by atoms with Crippen LogP contribution in [0, 0.1) is 0 Å². The lowest BCUT2D eigenvalue weighted by molar-refractivity contribution is 0.414. The van der Waals surface area contributed by atoms with Gasteiger partial charge in [-0.15, -0.1) is 11.3 Å². The number of benzene rings is 1. The Balaban J connectivity index is 0.00000180. The molecule has 7 heteroatoms. The maximum atomic E-state index is 11.9. The molecule has 1 aromatic carbocycles. The van der Waals surface area contributed by atoms with Gasteiger partial charge in [-0.2, -0.15) is 0 Å². The van der Waals surface area contributed by atoms with Crippen LogP contribution in [0.4, 0.5) is 0 Å². The van der Waals surface area contributed by atoms with Gasteiger partial charge in [0.25, 0.3) is 0 Å². The van der Waals surface area contributed by atoms with Crippen molar-refractivity contribution < 1.29 is 13.2 Å². The second kappa shape index (κ2) is 6.67. The number of sulfonamides is 1. The molecule has 4 N–H and O–H groups in total. The first-order chi connectivity index (χ1) is 8.62. The molecule has 2 aromatic rings.